The molecule has 2 fully saturated rings. The lowest BCUT2D eigenvalue weighted by Crippen LogP contribution is -2.50. The fourth-order valence-corrected chi connectivity index (χ4v) is 5.89. The van der Waals surface area contributed by atoms with E-state index in [1.807, 2.05) is 4.90 Å². The highest BCUT2D eigenvalue weighted by Gasteiger charge is 2.39. The van der Waals surface area contributed by atoms with Crippen LogP contribution in [0.3, 0.4) is 0 Å². The normalized spacial score (nSPS) is 25.3. The minimum Gasteiger partial charge on any atom is -0.349 e. The molecular weight excluding hydrogens is 385 g/mol. The van der Waals surface area contributed by atoms with Crippen LogP contribution in [0.5, 0.6) is 0 Å². The first kappa shape index (κ1) is 20.7. The fourth-order valence-electron chi connectivity index (χ4n) is 3.80. The first-order chi connectivity index (χ1) is 13.2. The van der Waals surface area contributed by atoms with Crippen molar-refractivity contribution >= 4 is 21.7 Å². The van der Waals surface area contributed by atoms with Crippen molar-refractivity contribution in [3.8, 4) is 0 Å². The number of carbonyl (C=O) groups is 2. The van der Waals surface area contributed by atoms with Crippen molar-refractivity contribution in [3.05, 3.63) is 35.6 Å². The van der Waals surface area contributed by atoms with Crippen molar-refractivity contribution in [3.63, 3.8) is 0 Å². The van der Waals surface area contributed by atoms with Gasteiger partial charge in [0, 0.05) is 31.7 Å². The second-order valence-electron chi connectivity index (χ2n) is 7.88. The van der Waals surface area contributed by atoms with E-state index < -0.39 is 15.4 Å². The molecular formula is C19H26FN3O4S. The zero-order valence-corrected chi connectivity index (χ0v) is 16.8. The van der Waals surface area contributed by atoms with Gasteiger partial charge in [0.25, 0.3) is 5.91 Å². The Hall–Kier alpha value is -2.00. The molecule has 0 radical (unpaired) electrons. The minimum absolute atomic E-state index is 0.0221. The standard InChI is InChI=1S/C19H26FN3O4S/c1-19(7-12-28(26,27)14-19)21-17(24)13-22-8-2-9-23(11-10-22)18(25)15-3-5-16(20)6-4-15/h3-6H,2,7-14H2,1H3,(H,21,24)/t19-/m1/s1. The van der Waals surface area contributed by atoms with Crippen LogP contribution in [0.4, 0.5) is 4.39 Å². The van der Waals surface area contributed by atoms with Gasteiger partial charge in [0.05, 0.1) is 23.6 Å². The number of nitrogens with one attached hydrogen (secondary N) is 1. The molecule has 0 unspecified atom stereocenters. The fraction of sp³-hybridized carbons (Fsp3) is 0.579. The van der Waals surface area contributed by atoms with Crippen LogP contribution in [-0.2, 0) is 14.6 Å². The van der Waals surface area contributed by atoms with Gasteiger partial charge >= 0.3 is 0 Å². The van der Waals surface area contributed by atoms with Crippen LogP contribution in [0, 0.1) is 5.82 Å². The maximum atomic E-state index is 13.0. The zero-order chi connectivity index (χ0) is 20.4. The molecule has 2 amide bonds. The molecule has 2 aliphatic rings. The SMILES string of the molecule is C[C@@]1(NC(=O)CN2CCCN(C(=O)c3ccc(F)cc3)CC2)CCS(=O)(=O)C1. The number of carbonyl (C=O) groups excluding carboxylic acids is 2. The van der Waals surface area contributed by atoms with E-state index in [1.165, 1.54) is 24.3 Å². The average molecular weight is 411 g/mol. The quantitative estimate of drug-likeness (QED) is 0.787. The third-order valence-corrected chi connectivity index (χ3v) is 7.18. The molecule has 7 nitrogen and oxygen atoms in total. The summed E-state index contributed by atoms with van der Waals surface area (Å²) in [5.41, 5.74) is -0.255. The van der Waals surface area contributed by atoms with E-state index in [0.29, 0.717) is 38.2 Å². The molecule has 1 aromatic rings. The van der Waals surface area contributed by atoms with Gasteiger partial charge in [0.1, 0.15) is 5.82 Å². The Morgan fingerprint density at radius 3 is 2.50 bits per heavy atom. The number of amides is 2. The van der Waals surface area contributed by atoms with Crippen LogP contribution >= 0.6 is 0 Å². The number of nitrogens with zero attached hydrogens (tertiary/aromatic N) is 2. The molecule has 9 heteroatoms. The number of hydrogen-bond acceptors (Lipinski definition) is 5. The Morgan fingerprint density at radius 1 is 1.14 bits per heavy atom. The maximum absolute atomic E-state index is 13.0. The van der Waals surface area contributed by atoms with Crippen LogP contribution in [-0.4, -0.2) is 79.8 Å². The van der Waals surface area contributed by atoms with Gasteiger partial charge < -0.3 is 10.2 Å². The van der Waals surface area contributed by atoms with E-state index in [4.69, 9.17) is 0 Å². The van der Waals surface area contributed by atoms with Crippen LogP contribution in [0.25, 0.3) is 0 Å². The van der Waals surface area contributed by atoms with Gasteiger partial charge in [-0.05, 0) is 44.0 Å². The molecule has 2 aliphatic heterocycles. The Labute approximate surface area is 164 Å². The highest BCUT2D eigenvalue weighted by molar-refractivity contribution is 7.91. The van der Waals surface area contributed by atoms with Crippen LogP contribution in [0.1, 0.15) is 30.1 Å². The molecule has 0 aliphatic carbocycles. The van der Waals surface area contributed by atoms with E-state index in [2.05, 4.69) is 5.32 Å². The van der Waals surface area contributed by atoms with Crippen molar-refractivity contribution in [2.45, 2.75) is 25.3 Å². The summed E-state index contributed by atoms with van der Waals surface area (Å²) in [6, 6.07) is 5.49. The summed E-state index contributed by atoms with van der Waals surface area (Å²) < 4.78 is 36.4. The summed E-state index contributed by atoms with van der Waals surface area (Å²) in [7, 11) is -3.08. The van der Waals surface area contributed by atoms with Gasteiger partial charge in [-0.15, -0.1) is 0 Å². The lowest BCUT2D eigenvalue weighted by molar-refractivity contribution is -0.123. The summed E-state index contributed by atoms with van der Waals surface area (Å²) in [5.74, 6) is -0.638. The predicted octanol–water partition coefficient (Wildman–Crippen LogP) is 0.667. The van der Waals surface area contributed by atoms with E-state index >= 15 is 0 Å². The summed E-state index contributed by atoms with van der Waals surface area (Å²) in [6.45, 7) is 4.22. The third kappa shape index (κ3) is 5.29. The smallest absolute Gasteiger partial charge is 0.253 e. The van der Waals surface area contributed by atoms with Gasteiger partial charge in [-0.25, -0.2) is 12.8 Å². The molecule has 1 aromatic carbocycles. The summed E-state index contributed by atoms with van der Waals surface area (Å²) in [6.07, 6.45) is 1.16. The number of halogens is 1. The van der Waals surface area contributed by atoms with E-state index in [9.17, 15) is 22.4 Å². The maximum Gasteiger partial charge on any atom is 0.253 e. The molecule has 0 saturated carbocycles. The highest BCUT2D eigenvalue weighted by atomic mass is 32.2. The van der Waals surface area contributed by atoms with Crippen LogP contribution in [0.2, 0.25) is 0 Å². The summed E-state index contributed by atoms with van der Waals surface area (Å²) >= 11 is 0. The molecule has 2 heterocycles. The molecule has 0 aromatic heterocycles. The van der Waals surface area contributed by atoms with Crippen molar-refractivity contribution in [1.29, 1.82) is 0 Å². The monoisotopic (exact) mass is 411 g/mol. The van der Waals surface area contributed by atoms with Crippen molar-refractivity contribution in [1.82, 2.24) is 15.1 Å². The van der Waals surface area contributed by atoms with E-state index in [-0.39, 0.29) is 35.7 Å². The Bertz CT molecular complexity index is 843. The molecule has 0 spiro atoms. The van der Waals surface area contributed by atoms with Crippen molar-refractivity contribution in [2.24, 2.45) is 0 Å². The highest BCUT2D eigenvalue weighted by Crippen LogP contribution is 2.22. The molecule has 0 bridgehead atoms. The van der Waals surface area contributed by atoms with Gasteiger partial charge in [0.15, 0.2) is 9.84 Å². The number of sulfone groups is 1. The number of rotatable bonds is 4. The van der Waals surface area contributed by atoms with Crippen LogP contribution < -0.4 is 5.32 Å². The number of benzene rings is 1. The largest absolute Gasteiger partial charge is 0.349 e. The Balaban J connectivity index is 1.51. The van der Waals surface area contributed by atoms with E-state index in [0.717, 1.165) is 6.42 Å². The second-order valence-corrected chi connectivity index (χ2v) is 10.1. The average Bonchev–Trinajstić information content (AvgIpc) is 2.78. The number of hydrogen-bond donors (Lipinski definition) is 1. The van der Waals surface area contributed by atoms with Crippen molar-refractivity contribution < 1.29 is 22.4 Å². The zero-order valence-electron chi connectivity index (χ0n) is 16.0. The Kier molecular flexibility index (Phi) is 6.04. The molecule has 154 valence electrons. The molecule has 3 rings (SSSR count). The summed E-state index contributed by atoms with van der Waals surface area (Å²) in [4.78, 5) is 28.7. The summed E-state index contributed by atoms with van der Waals surface area (Å²) in [5, 5.41) is 2.87. The van der Waals surface area contributed by atoms with E-state index in [1.54, 1.807) is 11.8 Å². The topological polar surface area (TPSA) is 86.8 Å². The van der Waals surface area contributed by atoms with Gasteiger partial charge in [-0.1, -0.05) is 0 Å². The Morgan fingerprint density at radius 2 is 1.86 bits per heavy atom. The first-order valence-corrected chi connectivity index (χ1v) is 11.3. The molecule has 1 N–H and O–H groups in total. The van der Waals surface area contributed by atoms with Gasteiger partial charge in [-0.3, -0.25) is 14.5 Å². The molecule has 1 atom stereocenters. The first-order valence-electron chi connectivity index (χ1n) is 9.44. The molecule has 28 heavy (non-hydrogen) atoms. The lowest BCUT2D eigenvalue weighted by Gasteiger charge is -2.26. The third-order valence-electron chi connectivity index (χ3n) is 5.28. The van der Waals surface area contributed by atoms with Crippen molar-refractivity contribution in [2.75, 3.05) is 44.2 Å². The second kappa shape index (κ2) is 8.16. The minimum atomic E-state index is -3.08. The van der Waals surface area contributed by atoms with Gasteiger partial charge in [0.2, 0.25) is 5.91 Å². The lowest BCUT2D eigenvalue weighted by atomic mass is 10.0. The predicted molar refractivity (Wildman–Crippen MR) is 103 cm³/mol. The van der Waals surface area contributed by atoms with Gasteiger partial charge in [-0.2, -0.15) is 0 Å². The van der Waals surface area contributed by atoms with Crippen LogP contribution in [0.15, 0.2) is 24.3 Å². The molecule has 2 saturated heterocycles.